The van der Waals surface area contributed by atoms with E-state index in [1.807, 2.05) is 0 Å². The van der Waals surface area contributed by atoms with Crippen LogP contribution in [-0.4, -0.2) is 36.5 Å². The van der Waals surface area contributed by atoms with Gasteiger partial charge >= 0.3 is 5.97 Å². The Balaban J connectivity index is 1.75. The fraction of sp³-hybridized carbons (Fsp3) is 0.105. The number of rotatable bonds is 4. The van der Waals surface area contributed by atoms with Gasteiger partial charge in [0.15, 0.2) is 6.61 Å². The zero-order valence-corrected chi connectivity index (χ0v) is 13.9. The lowest BCUT2D eigenvalue weighted by Gasteiger charge is -2.26. The van der Waals surface area contributed by atoms with E-state index in [9.17, 15) is 14.4 Å². The summed E-state index contributed by atoms with van der Waals surface area (Å²) >= 11 is 0. The number of aromatic carboxylic acids is 1. The highest BCUT2D eigenvalue weighted by atomic mass is 16.5. The Morgan fingerprint density at radius 1 is 1.23 bits per heavy atom. The minimum Gasteiger partial charge on any atom is -0.482 e. The highest BCUT2D eigenvalue weighted by molar-refractivity contribution is 6.06. The first-order chi connectivity index (χ1) is 12.5. The molecule has 1 aliphatic heterocycles. The Morgan fingerprint density at radius 3 is 2.77 bits per heavy atom. The molecule has 0 bridgehead atoms. The van der Waals surface area contributed by atoms with Crippen LogP contribution in [0.5, 0.6) is 5.75 Å². The number of benzene rings is 2. The van der Waals surface area contributed by atoms with E-state index in [4.69, 9.17) is 9.84 Å². The highest BCUT2D eigenvalue weighted by Crippen LogP contribution is 2.32. The van der Waals surface area contributed by atoms with Crippen LogP contribution in [-0.2, 0) is 9.59 Å². The van der Waals surface area contributed by atoms with Crippen molar-refractivity contribution >= 4 is 35.2 Å². The van der Waals surface area contributed by atoms with E-state index in [1.54, 1.807) is 43.5 Å². The van der Waals surface area contributed by atoms with Crippen molar-refractivity contribution in [2.45, 2.75) is 0 Å². The van der Waals surface area contributed by atoms with Gasteiger partial charge in [0.1, 0.15) is 5.75 Å². The summed E-state index contributed by atoms with van der Waals surface area (Å²) in [5, 5.41) is 11.7. The minimum absolute atomic E-state index is 0.00405. The minimum atomic E-state index is -1.12. The molecule has 2 aromatic carbocycles. The van der Waals surface area contributed by atoms with Gasteiger partial charge < -0.3 is 20.1 Å². The van der Waals surface area contributed by atoms with Gasteiger partial charge in [-0.25, -0.2) is 4.79 Å². The highest BCUT2D eigenvalue weighted by Gasteiger charge is 2.21. The first-order valence-electron chi connectivity index (χ1n) is 7.80. The van der Waals surface area contributed by atoms with Crippen LogP contribution in [0, 0.1) is 0 Å². The molecular weight excluding hydrogens is 336 g/mol. The quantitative estimate of drug-likeness (QED) is 0.824. The molecule has 0 fully saturated rings. The molecular formula is C19H16N2O5. The fourth-order valence-corrected chi connectivity index (χ4v) is 2.52. The number of carbonyl (C=O) groups is 3. The van der Waals surface area contributed by atoms with E-state index in [1.165, 1.54) is 23.1 Å². The third-order valence-electron chi connectivity index (χ3n) is 3.91. The summed E-state index contributed by atoms with van der Waals surface area (Å²) in [6, 6.07) is 11.4. The molecule has 0 spiro atoms. The molecule has 1 aliphatic rings. The molecule has 2 N–H and O–H groups in total. The van der Waals surface area contributed by atoms with Crippen LogP contribution in [0.1, 0.15) is 15.9 Å². The average molecular weight is 352 g/mol. The second-order valence-electron chi connectivity index (χ2n) is 5.64. The summed E-state index contributed by atoms with van der Waals surface area (Å²) in [5.74, 6) is -1.13. The first kappa shape index (κ1) is 17.2. The molecule has 26 heavy (non-hydrogen) atoms. The van der Waals surface area contributed by atoms with Crippen LogP contribution < -0.4 is 15.0 Å². The average Bonchev–Trinajstić information content (AvgIpc) is 2.63. The first-order valence-corrected chi connectivity index (χ1v) is 7.80. The summed E-state index contributed by atoms with van der Waals surface area (Å²) < 4.78 is 5.35. The molecule has 2 amide bonds. The molecule has 0 atom stereocenters. The van der Waals surface area contributed by atoms with Gasteiger partial charge in [-0.2, -0.15) is 0 Å². The van der Waals surface area contributed by atoms with Crippen molar-refractivity contribution in [2.75, 3.05) is 23.9 Å². The van der Waals surface area contributed by atoms with Crippen LogP contribution in [0.25, 0.3) is 6.08 Å². The molecule has 0 saturated carbocycles. The van der Waals surface area contributed by atoms with Gasteiger partial charge in [0, 0.05) is 13.1 Å². The van der Waals surface area contributed by atoms with Crippen LogP contribution >= 0.6 is 0 Å². The van der Waals surface area contributed by atoms with Gasteiger partial charge in [-0.1, -0.05) is 18.2 Å². The maximum atomic E-state index is 12.1. The van der Waals surface area contributed by atoms with Gasteiger partial charge in [0.2, 0.25) is 5.91 Å². The van der Waals surface area contributed by atoms with Crippen molar-refractivity contribution in [3.63, 3.8) is 0 Å². The van der Waals surface area contributed by atoms with Gasteiger partial charge in [0.05, 0.1) is 16.9 Å². The summed E-state index contributed by atoms with van der Waals surface area (Å²) in [4.78, 5) is 36.4. The fourth-order valence-electron chi connectivity index (χ4n) is 2.52. The van der Waals surface area contributed by atoms with Gasteiger partial charge in [-0.3, -0.25) is 9.59 Å². The molecule has 0 radical (unpaired) electrons. The molecule has 132 valence electrons. The van der Waals surface area contributed by atoms with E-state index in [0.29, 0.717) is 17.0 Å². The molecule has 7 nitrogen and oxygen atoms in total. The van der Waals surface area contributed by atoms with E-state index in [2.05, 4.69) is 5.32 Å². The molecule has 0 aliphatic carbocycles. The molecule has 3 rings (SSSR count). The Hall–Kier alpha value is -3.61. The number of hydrogen-bond acceptors (Lipinski definition) is 4. The molecule has 0 aromatic heterocycles. The van der Waals surface area contributed by atoms with Gasteiger partial charge in [0.25, 0.3) is 5.91 Å². The number of carboxylic acids is 1. The number of carbonyl (C=O) groups excluding carboxylic acids is 2. The SMILES string of the molecule is CN1C(=O)COc2ccc(/C=C/C(=O)Nc3ccccc3C(=O)O)cc21. The van der Waals surface area contributed by atoms with E-state index in [0.717, 1.165) is 0 Å². The number of nitrogens with zero attached hydrogens (tertiary/aromatic N) is 1. The largest absolute Gasteiger partial charge is 0.482 e. The maximum absolute atomic E-state index is 12.1. The van der Waals surface area contributed by atoms with Crippen molar-refractivity contribution in [1.29, 1.82) is 0 Å². The predicted molar refractivity (Wildman–Crippen MR) is 96.4 cm³/mol. The number of carboxylic acid groups (broad SMARTS) is 1. The molecule has 7 heteroatoms. The van der Waals surface area contributed by atoms with Crippen LogP contribution in [0.4, 0.5) is 11.4 Å². The third-order valence-corrected chi connectivity index (χ3v) is 3.91. The second-order valence-corrected chi connectivity index (χ2v) is 5.64. The lowest BCUT2D eigenvalue weighted by Crippen LogP contribution is -2.35. The number of amides is 2. The lowest BCUT2D eigenvalue weighted by atomic mass is 10.1. The number of hydrogen-bond donors (Lipinski definition) is 2. The summed E-state index contributed by atoms with van der Waals surface area (Å²) in [6.07, 6.45) is 2.87. The Morgan fingerprint density at radius 2 is 2.00 bits per heavy atom. The number of para-hydroxylation sites is 1. The van der Waals surface area contributed by atoms with E-state index >= 15 is 0 Å². The van der Waals surface area contributed by atoms with E-state index in [-0.39, 0.29) is 23.8 Å². The topological polar surface area (TPSA) is 95.9 Å². The molecule has 1 heterocycles. The monoisotopic (exact) mass is 352 g/mol. The van der Waals surface area contributed by atoms with Crippen molar-refractivity contribution < 1.29 is 24.2 Å². The normalized spacial score (nSPS) is 13.3. The van der Waals surface area contributed by atoms with Crippen molar-refractivity contribution in [3.05, 3.63) is 59.7 Å². The number of nitrogens with one attached hydrogen (secondary N) is 1. The van der Waals surface area contributed by atoms with E-state index < -0.39 is 11.9 Å². The Bertz CT molecular complexity index is 920. The van der Waals surface area contributed by atoms with Crippen molar-refractivity contribution in [3.8, 4) is 5.75 Å². The Labute approximate surface area is 149 Å². The summed E-state index contributed by atoms with van der Waals surface area (Å²) in [7, 11) is 1.66. The number of likely N-dealkylation sites (N-methyl/N-ethyl adjacent to an activating group) is 1. The standard InChI is InChI=1S/C19H16N2O5/c1-21-15-10-12(6-8-16(15)26-11-18(21)23)7-9-17(22)20-14-5-3-2-4-13(14)19(24)25/h2-10H,11H2,1H3,(H,20,22)(H,24,25)/b9-7+. The molecule has 0 saturated heterocycles. The molecule has 0 unspecified atom stereocenters. The summed E-state index contributed by atoms with van der Waals surface area (Å²) in [6.45, 7) is 0.00405. The smallest absolute Gasteiger partial charge is 0.337 e. The van der Waals surface area contributed by atoms with Crippen LogP contribution in [0.15, 0.2) is 48.5 Å². The van der Waals surface area contributed by atoms with Gasteiger partial charge in [-0.05, 0) is 35.9 Å². The zero-order chi connectivity index (χ0) is 18.7. The van der Waals surface area contributed by atoms with Crippen molar-refractivity contribution in [2.24, 2.45) is 0 Å². The maximum Gasteiger partial charge on any atom is 0.337 e. The predicted octanol–water partition coefficient (Wildman–Crippen LogP) is 2.39. The lowest BCUT2D eigenvalue weighted by molar-refractivity contribution is -0.121. The van der Waals surface area contributed by atoms with Crippen molar-refractivity contribution in [1.82, 2.24) is 0 Å². The Kier molecular flexibility index (Phi) is 4.70. The number of ether oxygens (including phenoxy) is 1. The van der Waals surface area contributed by atoms with Gasteiger partial charge in [-0.15, -0.1) is 0 Å². The van der Waals surface area contributed by atoms with Crippen LogP contribution in [0.3, 0.4) is 0 Å². The number of fused-ring (bicyclic) bond motifs is 1. The summed E-state index contributed by atoms with van der Waals surface area (Å²) in [5.41, 5.74) is 1.56. The zero-order valence-electron chi connectivity index (χ0n) is 13.9. The third kappa shape index (κ3) is 3.56. The molecule has 2 aromatic rings. The number of anilines is 2. The van der Waals surface area contributed by atoms with Crippen LogP contribution in [0.2, 0.25) is 0 Å². The second kappa shape index (κ2) is 7.10.